The van der Waals surface area contributed by atoms with Gasteiger partial charge in [0.25, 0.3) is 5.56 Å². The van der Waals surface area contributed by atoms with E-state index < -0.39 is 32.9 Å². The second kappa shape index (κ2) is 6.29. The van der Waals surface area contributed by atoms with Crippen LogP contribution in [0.25, 0.3) is 11.1 Å². The van der Waals surface area contributed by atoms with E-state index in [9.17, 15) is 22.4 Å². The van der Waals surface area contributed by atoms with Crippen molar-refractivity contribution in [3.8, 4) is 11.1 Å². The molecule has 0 fully saturated rings. The summed E-state index contributed by atoms with van der Waals surface area (Å²) in [6, 6.07) is 3.08. The SMILES string of the molecule is C[C@@H](CS(C)(=O)=O)n1c(=O)[nH]cc(-c2cccc(F)c2Cl)c1=O. The molecule has 1 heterocycles. The first-order valence-corrected chi connectivity index (χ1v) is 9.02. The molecule has 0 radical (unpaired) electrons. The lowest BCUT2D eigenvalue weighted by atomic mass is 10.1. The van der Waals surface area contributed by atoms with Gasteiger partial charge in [0.2, 0.25) is 0 Å². The van der Waals surface area contributed by atoms with Gasteiger partial charge in [-0.15, -0.1) is 0 Å². The average Bonchev–Trinajstić information content (AvgIpc) is 2.41. The van der Waals surface area contributed by atoms with Gasteiger partial charge in [0.15, 0.2) is 0 Å². The standard InChI is InChI=1S/C14H14ClFN2O4S/c1-8(7-23(2,21)22)18-13(19)10(6-17-14(18)20)9-4-3-5-11(16)12(9)15/h3-6,8H,7H2,1-2H3,(H,17,20)/t8-/m0/s1. The van der Waals surface area contributed by atoms with Crippen LogP contribution >= 0.6 is 11.6 Å². The van der Waals surface area contributed by atoms with Crippen LogP contribution in [0.4, 0.5) is 4.39 Å². The molecular weight excluding hydrogens is 347 g/mol. The number of halogens is 2. The van der Waals surface area contributed by atoms with Crippen LogP contribution < -0.4 is 11.2 Å². The summed E-state index contributed by atoms with van der Waals surface area (Å²) >= 11 is 5.87. The van der Waals surface area contributed by atoms with Crippen LogP contribution in [0.2, 0.25) is 5.02 Å². The third kappa shape index (κ3) is 3.70. The molecule has 0 aliphatic heterocycles. The Kier molecular flexibility index (Phi) is 4.76. The van der Waals surface area contributed by atoms with Crippen molar-refractivity contribution in [1.82, 2.24) is 9.55 Å². The maximum Gasteiger partial charge on any atom is 0.328 e. The zero-order valence-electron chi connectivity index (χ0n) is 12.3. The molecule has 0 saturated carbocycles. The molecule has 0 saturated heterocycles. The molecular formula is C14H14ClFN2O4S. The van der Waals surface area contributed by atoms with E-state index in [1.807, 2.05) is 0 Å². The third-order valence-corrected chi connectivity index (χ3v) is 4.71. The van der Waals surface area contributed by atoms with Crippen molar-refractivity contribution in [3.05, 3.63) is 56.1 Å². The maximum atomic E-state index is 13.6. The van der Waals surface area contributed by atoms with Gasteiger partial charge in [-0.2, -0.15) is 0 Å². The van der Waals surface area contributed by atoms with Gasteiger partial charge < -0.3 is 4.98 Å². The van der Waals surface area contributed by atoms with Crippen LogP contribution in [0.3, 0.4) is 0 Å². The van der Waals surface area contributed by atoms with Crippen molar-refractivity contribution in [1.29, 1.82) is 0 Å². The minimum absolute atomic E-state index is 0.0190. The highest BCUT2D eigenvalue weighted by Crippen LogP contribution is 2.27. The predicted octanol–water partition coefficient (Wildman–Crippen LogP) is 1.60. The Hall–Kier alpha value is -1.93. The Morgan fingerprint density at radius 2 is 1.96 bits per heavy atom. The molecule has 1 N–H and O–H groups in total. The highest BCUT2D eigenvalue weighted by Gasteiger charge is 2.20. The highest BCUT2D eigenvalue weighted by molar-refractivity contribution is 7.90. The number of aromatic amines is 1. The van der Waals surface area contributed by atoms with Gasteiger partial charge in [-0.05, 0) is 13.0 Å². The third-order valence-electron chi connectivity index (χ3n) is 3.23. The van der Waals surface area contributed by atoms with E-state index in [0.717, 1.165) is 23.1 Å². The summed E-state index contributed by atoms with van der Waals surface area (Å²) < 4.78 is 37.1. The molecule has 0 bridgehead atoms. The van der Waals surface area contributed by atoms with Gasteiger partial charge in [0.05, 0.1) is 22.4 Å². The Morgan fingerprint density at radius 1 is 1.30 bits per heavy atom. The Balaban J connectivity index is 2.67. The topological polar surface area (TPSA) is 89.0 Å². The van der Waals surface area contributed by atoms with Crippen molar-refractivity contribution in [3.63, 3.8) is 0 Å². The second-order valence-corrected chi connectivity index (χ2v) is 7.79. The number of rotatable bonds is 4. The number of nitrogens with zero attached hydrogens (tertiary/aromatic N) is 1. The molecule has 1 aromatic heterocycles. The van der Waals surface area contributed by atoms with Crippen molar-refractivity contribution in [2.24, 2.45) is 0 Å². The van der Waals surface area contributed by atoms with E-state index in [4.69, 9.17) is 11.6 Å². The van der Waals surface area contributed by atoms with Gasteiger partial charge in [-0.25, -0.2) is 17.6 Å². The molecule has 0 aliphatic carbocycles. The Bertz CT molecular complexity index is 965. The molecule has 0 amide bonds. The number of hydrogen-bond donors (Lipinski definition) is 1. The quantitative estimate of drug-likeness (QED) is 0.896. The number of benzene rings is 1. The van der Waals surface area contributed by atoms with Crippen molar-refractivity contribution in [2.45, 2.75) is 13.0 Å². The Labute approximate surface area is 136 Å². The molecule has 0 spiro atoms. The van der Waals surface area contributed by atoms with Crippen molar-refractivity contribution in [2.75, 3.05) is 12.0 Å². The summed E-state index contributed by atoms with van der Waals surface area (Å²) in [6.07, 6.45) is 2.14. The van der Waals surface area contributed by atoms with Crippen LogP contribution in [0.1, 0.15) is 13.0 Å². The maximum absolute atomic E-state index is 13.6. The molecule has 9 heteroatoms. The lowest BCUT2D eigenvalue weighted by molar-refractivity contribution is 0.531. The summed E-state index contributed by atoms with van der Waals surface area (Å²) in [5, 5.41) is -0.251. The molecule has 1 aromatic carbocycles. The fourth-order valence-corrected chi connectivity index (χ4v) is 3.56. The van der Waals surface area contributed by atoms with Crippen LogP contribution in [-0.4, -0.2) is 30.0 Å². The summed E-state index contributed by atoms with van der Waals surface area (Å²) in [5.41, 5.74) is -1.39. The van der Waals surface area contributed by atoms with Crippen LogP contribution in [-0.2, 0) is 9.84 Å². The Morgan fingerprint density at radius 3 is 2.57 bits per heavy atom. The van der Waals surface area contributed by atoms with Crippen LogP contribution in [0.5, 0.6) is 0 Å². The minimum atomic E-state index is -3.40. The van der Waals surface area contributed by atoms with Gasteiger partial charge in [0.1, 0.15) is 15.7 Å². The zero-order chi connectivity index (χ0) is 17.4. The molecule has 0 unspecified atom stereocenters. The average molecular weight is 361 g/mol. The van der Waals surface area contributed by atoms with E-state index in [0.29, 0.717) is 0 Å². The monoisotopic (exact) mass is 360 g/mol. The highest BCUT2D eigenvalue weighted by atomic mass is 35.5. The van der Waals surface area contributed by atoms with Crippen molar-refractivity contribution < 1.29 is 12.8 Å². The summed E-state index contributed by atoms with van der Waals surface area (Å²) in [6.45, 7) is 1.44. The van der Waals surface area contributed by atoms with E-state index in [1.54, 1.807) is 0 Å². The minimum Gasteiger partial charge on any atom is -0.313 e. The lowest BCUT2D eigenvalue weighted by Gasteiger charge is -2.14. The first-order valence-electron chi connectivity index (χ1n) is 6.58. The van der Waals surface area contributed by atoms with Crippen LogP contribution in [0.15, 0.2) is 34.0 Å². The van der Waals surface area contributed by atoms with Gasteiger partial charge in [0, 0.05) is 18.0 Å². The molecule has 23 heavy (non-hydrogen) atoms. The predicted molar refractivity (Wildman–Crippen MR) is 86.1 cm³/mol. The van der Waals surface area contributed by atoms with Crippen molar-refractivity contribution >= 4 is 21.4 Å². The lowest BCUT2D eigenvalue weighted by Crippen LogP contribution is -2.39. The zero-order valence-corrected chi connectivity index (χ0v) is 13.9. The molecule has 2 aromatic rings. The van der Waals surface area contributed by atoms with E-state index in [1.165, 1.54) is 19.1 Å². The number of H-pyrrole nitrogens is 1. The smallest absolute Gasteiger partial charge is 0.313 e. The number of hydrogen-bond acceptors (Lipinski definition) is 4. The fraction of sp³-hybridized carbons (Fsp3) is 0.286. The largest absolute Gasteiger partial charge is 0.328 e. The van der Waals surface area contributed by atoms with E-state index in [-0.39, 0.29) is 21.9 Å². The van der Waals surface area contributed by atoms with E-state index in [2.05, 4.69) is 4.98 Å². The molecule has 2 rings (SSSR count). The number of nitrogens with one attached hydrogen (secondary N) is 1. The number of sulfone groups is 1. The van der Waals surface area contributed by atoms with Gasteiger partial charge in [-0.1, -0.05) is 23.7 Å². The molecule has 124 valence electrons. The second-order valence-electron chi connectivity index (χ2n) is 5.23. The van der Waals surface area contributed by atoms with E-state index >= 15 is 0 Å². The molecule has 0 aliphatic rings. The molecule has 6 nitrogen and oxygen atoms in total. The van der Waals surface area contributed by atoms with Gasteiger partial charge in [-0.3, -0.25) is 9.36 Å². The summed E-state index contributed by atoms with van der Waals surface area (Å²) in [5.74, 6) is -1.08. The first-order chi connectivity index (χ1) is 10.6. The molecule has 1 atom stereocenters. The van der Waals surface area contributed by atoms with Crippen LogP contribution in [0, 0.1) is 5.82 Å². The van der Waals surface area contributed by atoms with Gasteiger partial charge >= 0.3 is 5.69 Å². The summed E-state index contributed by atoms with van der Waals surface area (Å²) in [7, 11) is -3.40. The summed E-state index contributed by atoms with van der Waals surface area (Å²) in [4.78, 5) is 26.8. The fourth-order valence-electron chi connectivity index (χ4n) is 2.30. The number of aromatic nitrogens is 2. The normalized spacial score (nSPS) is 13.0. The first kappa shape index (κ1) is 17.4.